The molecule has 1 aliphatic carbocycles. The lowest BCUT2D eigenvalue weighted by molar-refractivity contribution is -0.124. The van der Waals surface area contributed by atoms with E-state index in [1.54, 1.807) is 0 Å². The Balaban J connectivity index is 2.54. The van der Waals surface area contributed by atoms with Gasteiger partial charge in [-0.1, -0.05) is 26.7 Å². The summed E-state index contributed by atoms with van der Waals surface area (Å²) in [6.45, 7) is 4.51. The Morgan fingerprint density at radius 3 is 2.35 bits per heavy atom. The molecular formula is C14H27N3O3. The number of primary amides is 1. The number of nitrogens with one attached hydrogen (secondary N) is 2. The molecule has 5 N–H and O–H groups in total. The Labute approximate surface area is 120 Å². The molecule has 1 saturated carbocycles. The van der Waals surface area contributed by atoms with Gasteiger partial charge in [-0.15, -0.1) is 0 Å². The minimum atomic E-state index is -0.691. The van der Waals surface area contributed by atoms with Gasteiger partial charge in [0.2, 0.25) is 5.91 Å². The Morgan fingerprint density at radius 1 is 1.30 bits per heavy atom. The third-order valence-electron chi connectivity index (χ3n) is 3.98. The largest absolute Gasteiger partial charge is 0.396 e. The Hall–Kier alpha value is -1.30. The van der Waals surface area contributed by atoms with Crippen molar-refractivity contribution in [2.75, 3.05) is 13.2 Å². The maximum absolute atomic E-state index is 12.2. The SMILES string of the molecule is CC(C)CC(NC(N)=O)C(=O)NCC1(CO)CCCC1. The van der Waals surface area contributed by atoms with Crippen molar-refractivity contribution in [2.45, 2.75) is 52.0 Å². The van der Waals surface area contributed by atoms with E-state index in [2.05, 4.69) is 10.6 Å². The first-order valence-corrected chi connectivity index (χ1v) is 7.33. The zero-order valence-corrected chi connectivity index (χ0v) is 12.4. The van der Waals surface area contributed by atoms with E-state index in [-0.39, 0.29) is 23.8 Å². The second-order valence-electron chi connectivity index (χ2n) is 6.27. The fourth-order valence-corrected chi connectivity index (χ4v) is 2.79. The standard InChI is InChI=1S/C14H27N3O3/c1-10(2)7-11(17-13(15)20)12(19)16-8-14(9-18)5-3-4-6-14/h10-11,18H,3-9H2,1-2H3,(H,16,19)(H3,15,17,20). The van der Waals surface area contributed by atoms with E-state index in [9.17, 15) is 14.7 Å². The maximum Gasteiger partial charge on any atom is 0.312 e. The summed E-state index contributed by atoms with van der Waals surface area (Å²) in [6, 6.07) is -1.30. The third-order valence-corrected chi connectivity index (χ3v) is 3.98. The summed E-state index contributed by atoms with van der Waals surface area (Å²) in [6.07, 6.45) is 4.58. The van der Waals surface area contributed by atoms with Crippen LogP contribution in [0.2, 0.25) is 0 Å². The smallest absolute Gasteiger partial charge is 0.312 e. The molecule has 0 spiro atoms. The van der Waals surface area contributed by atoms with Gasteiger partial charge in [0.15, 0.2) is 0 Å². The average Bonchev–Trinajstić information content (AvgIpc) is 2.83. The molecule has 0 heterocycles. The summed E-state index contributed by atoms with van der Waals surface area (Å²) in [5.74, 6) is 0.0492. The molecule has 0 bridgehead atoms. The quantitative estimate of drug-likeness (QED) is 0.554. The van der Waals surface area contributed by atoms with Crippen LogP contribution in [-0.2, 0) is 4.79 Å². The number of hydrogen-bond acceptors (Lipinski definition) is 3. The number of rotatable bonds is 7. The van der Waals surface area contributed by atoms with E-state index in [0.29, 0.717) is 13.0 Å². The highest BCUT2D eigenvalue weighted by atomic mass is 16.3. The number of urea groups is 1. The summed E-state index contributed by atoms with van der Waals surface area (Å²) < 4.78 is 0. The van der Waals surface area contributed by atoms with Crippen molar-refractivity contribution in [2.24, 2.45) is 17.1 Å². The van der Waals surface area contributed by atoms with Crippen molar-refractivity contribution in [3.8, 4) is 0 Å². The number of aliphatic hydroxyl groups is 1. The molecule has 1 fully saturated rings. The van der Waals surface area contributed by atoms with E-state index in [0.717, 1.165) is 25.7 Å². The minimum Gasteiger partial charge on any atom is -0.396 e. The highest BCUT2D eigenvalue weighted by molar-refractivity contribution is 5.86. The first kappa shape index (κ1) is 16.8. The van der Waals surface area contributed by atoms with E-state index < -0.39 is 12.1 Å². The maximum atomic E-state index is 12.2. The van der Waals surface area contributed by atoms with Crippen molar-refractivity contribution in [1.82, 2.24) is 10.6 Å². The van der Waals surface area contributed by atoms with Gasteiger partial charge in [-0.25, -0.2) is 4.79 Å². The highest BCUT2D eigenvalue weighted by Gasteiger charge is 2.34. The van der Waals surface area contributed by atoms with Crippen LogP contribution in [0.1, 0.15) is 46.0 Å². The van der Waals surface area contributed by atoms with E-state index in [1.807, 2.05) is 13.8 Å². The highest BCUT2D eigenvalue weighted by Crippen LogP contribution is 2.36. The van der Waals surface area contributed by atoms with Crippen LogP contribution in [-0.4, -0.2) is 36.2 Å². The monoisotopic (exact) mass is 285 g/mol. The summed E-state index contributed by atoms with van der Waals surface area (Å²) in [5, 5.41) is 14.9. The zero-order chi connectivity index (χ0) is 15.2. The molecule has 20 heavy (non-hydrogen) atoms. The van der Waals surface area contributed by atoms with Crippen molar-refractivity contribution in [1.29, 1.82) is 0 Å². The van der Waals surface area contributed by atoms with Crippen molar-refractivity contribution in [3.05, 3.63) is 0 Å². The van der Waals surface area contributed by atoms with Gasteiger partial charge in [-0.2, -0.15) is 0 Å². The summed E-state index contributed by atoms with van der Waals surface area (Å²) >= 11 is 0. The van der Waals surface area contributed by atoms with Gasteiger partial charge < -0.3 is 21.5 Å². The first-order valence-electron chi connectivity index (χ1n) is 7.33. The van der Waals surface area contributed by atoms with Gasteiger partial charge in [0.05, 0.1) is 6.61 Å². The van der Waals surface area contributed by atoms with Gasteiger partial charge in [0.1, 0.15) is 6.04 Å². The topological polar surface area (TPSA) is 104 Å². The summed E-state index contributed by atoms with van der Waals surface area (Å²) in [5.41, 5.74) is 4.92. The summed E-state index contributed by atoms with van der Waals surface area (Å²) in [7, 11) is 0. The van der Waals surface area contributed by atoms with Crippen LogP contribution in [0, 0.1) is 11.3 Å². The molecule has 0 aromatic heterocycles. The Kier molecular flexibility index (Phi) is 6.26. The van der Waals surface area contributed by atoms with Gasteiger partial charge in [0, 0.05) is 12.0 Å². The predicted molar refractivity (Wildman–Crippen MR) is 77.0 cm³/mol. The van der Waals surface area contributed by atoms with Crippen LogP contribution in [0.15, 0.2) is 0 Å². The molecule has 6 heteroatoms. The molecule has 0 saturated heterocycles. The van der Waals surface area contributed by atoms with E-state index in [4.69, 9.17) is 5.73 Å². The molecular weight excluding hydrogens is 258 g/mol. The molecule has 0 aliphatic heterocycles. The first-order chi connectivity index (χ1) is 9.38. The van der Waals surface area contributed by atoms with Crippen LogP contribution in [0.5, 0.6) is 0 Å². The lowest BCUT2D eigenvalue weighted by Crippen LogP contribution is -2.51. The number of nitrogens with two attached hydrogens (primary N) is 1. The van der Waals surface area contributed by atoms with Gasteiger partial charge in [0.25, 0.3) is 0 Å². The van der Waals surface area contributed by atoms with Gasteiger partial charge in [-0.05, 0) is 25.2 Å². The number of carbonyl (C=O) groups excluding carboxylic acids is 2. The molecule has 1 aliphatic rings. The Morgan fingerprint density at radius 2 is 1.90 bits per heavy atom. The molecule has 116 valence electrons. The molecule has 0 aromatic carbocycles. The van der Waals surface area contributed by atoms with Crippen LogP contribution >= 0.6 is 0 Å². The molecule has 1 rings (SSSR count). The lowest BCUT2D eigenvalue weighted by Gasteiger charge is -2.28. The molecule has 3 amide bonds. The molecule has 1 unspecified atom stereocenters. The molecule has 6 nitrogen and oxygen atoms in total. The fraction of sp³-hybridized carbons (Fsp3) is 0.857. The number of aliphatic hydroxyl groups excluding tert-OH is 1. The van der Waals surface area contributed by atoms with E-state index >= 15 is 0 Å². The fourth-order valence-electron chi connectivity index (χ4n) is 2.79. The third kappa shape index (κ3) is 5.00. The van der Waals surface area contributed by atoms with Crippen molar-refractivity contribution in [3.63, 3.8) is 0 Å². The van der Waals surface area contributed by atoms with Gasteiger partial charge >= 0.3 is 6.03 Å². The molecule has 0 radical (unpaired) electrons. The minimum absolute atomic E-state index is 0.0887. The summed E-state index contributed by atoms with van der Waals surface area (Å²) in [4.78, 5) is 23.1. The van der Waals surface area contributed by atoms with Crippen LogP contribution < -0.4 is 16.4 Å². The van der Waals surface area contributed by atoms with Gasteiger partial charge in [-0.3, -0.25) is 4.79 Å². The van der Waals surface area contributed by atoms with E-state index in [1.165, 1.54) is 0 Å². The van der Waals surface area contributed by atoms with Crippen LogP contribution in [0.25, 0.3) is 0 Å². The Bertz CT molecular complexity index is 339. The number of hydrogen-bond donors (Lipinski definition) is 4. The molecule has 1 atom stereocenters. The second kappa shape index (κ2) is 7.47. The van der Waals surface area contributed by atoms with Crippen molar-refractivity contribution >= 4 is 11.9 Å². The number of amides is 3. The molecule has 0 aromatic rings. The average molecular weight is 285 g/mol. The predicted octanol–water partition coefficient (Wildman–Crippen LogP) is 0.738. The van der Waals surface area contributed by atoms with Crippen LogP contribution in [0.3, 0.4) is 0 Å². The second-order valence-corrected chi connectivity index (χ2v) is 6.27. The van der Waals surface area contributed by atoms with Crippen molar-refractivity contribution < 1.29 is 14.7 Å². The normalized spacial score (nSPS) is 18.8. The lowest BCUT2D eigenvalue weighted by atomic mass is 9.87. The van der Waals surface area contributed by atoms with Crippen LogP contribution in [0.4, 0.5) is 4.79 Å². The number of carbonyl (C=O) groups is 2. The zero-order valence-electron chi connectivity index (χ0n) is 12.4.